The molecule has 0 atom stereocenters. The minimum absolute atomic E-state index is 0.106. The Morgan fingerprint density at radius 3 is 2.38 bits per heavy atom. The molecule has 136 valence electrons. The number of rotatable bonds is 9. The number of ether oxygens (including phenoxy) is 2. The van der Waals surface area contributed by atoms with Gasteiger partial charge in [0.25, 0.3) is 0 Å². The van der Waals surface area contributed by atoms with Gasteiger partial charge in [0, 0.05) is 0 Å². The Kier molecular flexibility index (Phi) is 7.54. The Morgan fingerprint density at radius 2 is 1.69 bits per heavy atom. The van der Waals surface area contributed by atoms with Gasteiger partial charge < -0.3 is 0 Å². The molecule has 0 spiro atoms. The summed E-state index contributed by atoms with van der Waals surface area (Å²) in [5, 5.41) is 2.02. The molecule has 26 heavy (non-hydrogen) atoms. The van der Waals surface area contributed by atoms with Crippen LogP contribution >= 0.6 is 11.8 Å². The summed E-state index contributed by atoms with van der Waals surface area (Å²) in [7, 11) is 0. The molecule has 1 aliphatic rings. The Bertz CT molecular complexity index is 713. The van der Waals surface area contributed by atoms with Crippen LogP contribution in [0.4, 0.5) is 0 Å². The standard InChI is InChI=1S/C21H22O3SSe/c22-20(26-19-10-5-2-6-11-19)12-7-13-21(23-15-16-24-21)14-17-25-18-8-3-1-4-9-18/h1-6,8-11,14,17H,7,12-13,15-16H2/b17-14+. The normalized spacial score (nSPS) is 16.2. The summed E-state index contributed by atoms with van der Waals surface area (Å²) in [5.41, 5.74) is 0. The van der Waals surface area contributed by atoms with Gasteiger partial charge in [0.1, 0.15) is 0 Å². The predicted octanol–water partition coefficient (Wildman–Crippen LogP) is 3.76. The van der Waals surface area contributed by atoms with Crippen molar-refractivity contribution >= 4 is 35.9 Å². The number of hydrogen-bond acceptors (Lipinski definition) is 4. The van der Waals surface area contributed by atoms with Crippen LogP contribution in [0.3, 0.4) is 0 Å². The molecule has 0 radical (unpaired) electrons. The van der Waals surface area contributed by atoms with E-state index in [2.05, 4.69) is 12.1 Å². The molecule has 2 aromatic rings. The summed E-state index contributed by atoms with van der Waals surface area (Å²) in [6.45, 7) is 1.20. The maximum atomic E-state index is 12.2. The Labute approximate surface area is 165 Å². The van der Waals surface area contributed by atoms with Crippen molar-refractivity contribution in [3.8, 4) is 0 Å². The zero-order chi connectivity index (χ0) is 18.1. The van der Waals surface area contributed by atoms with Crippen molar-refractivity contribution < 1.29 is 14.3 Å². The molecule has 1 fully saturated rings. The molecule has 1 saturated heterocycles. The van der Waals surface area contributed by atoms with Gasteiger partial charge in [-0.05, 0) is 0 Å². The van der Waals surface area contributed by atoms with Gasteiger partial charge in [0.15, 0.2) is 0 Å². The van der Waals surface area contributed by atoms with Gasteiger partial charge >= 0.3 is 165 Å². The van der Waals surface area contributed by atoms with Gasteiger partial charge in [0.2, 0.25) is 0 Å². The van der Waals surface area contributed by atoms with Crippen LogP contribution in [0.5, 0.6) is 0 Å². The fraction of sp³-hybridized carbons (Fsp3) is 0.286. The molecular weight excluding hydrogens is 411 g/mol. The first-order valence-electron chi connectivity index (χ1n) is 8.69. The zero-order valence-corrected chi connectivity index (χ0v) is 17.0. The van der Waals surface area contributed by atoms with Crippen molar-refractivity contribution in [1.82, 2.24) is 0 Å². The molecular formula is C21H22O3SSe. The van der Waals surface area contributed by atoms with E-state index in [1.807, 2.05) is 60.0 Å². The summed E-state index contributed by atoms with van der Waals surface area (Å²) < 4.78 is 13.2. The van der Waals surface area contributed by atoms with Crippen molar-refractivity contribution in [2.45, 2.75) is 29.9 Å². The molecule has 5 heteroatoms. The summed E-state index contributed by atoms with van der Waals surface area (Å²) in [6, 6.07) is 20.2. The fourth-order valence-electron chi connectivity index (χ4n) is 2.66. The average molecular weight is 433 g/mol. The first-order chi connectivity index (χ1) is 12.8. The predicted molar refractivity (Wildman–Crippen MR) is 107 cm³/mol. The Balaban J connectivity index is 1.47. The number of hydrogen-bond donors (Lipinski definition) is 0. The maximum absolute atomic E-state index is 12.2. The third kappa shape index (κ3) is 6.11. The number of carbonyl (C=O) groups excluding carboxylic acids is 1. The van der Waals surface area contributed by atoms with E-state index < -0.39 is 5.79 Å². The van der Waals surface area contributed by atoms with E-state index in [1.165, 1.54) is 4.90 Å². The molecule has 2 aromatic carbocycles. The summed E-state index contributed by atoms with van der Waals surface area (Å²) in [6.07, 6.45) is 4.04. The second-order valence-corrected chi connectivity index (χ2v) is 9.24. The third-order valence-corrected chi connectivity index (χ3v) is 6.71. The van der Waals surface area contributed by atoms with Crippen molar-refractivity contribution in [1.29, 1.82) is 0 Å². The quantitative estimate of drug-likeness (QED) is 0.446. The van der Waals surface area contributed by atoms with Crippen LogP contribution in [0, 0.1) is 0 Å². The van der Waals surface area contributed by atoms with Crippen LogP contribution < -0.4 is 4.46 Å². The van der Waals surface area contributed by atoms with E-state index in [-0.39, 0.29) is 15.0 Å². The molecule has 0 saturated carbocycles. The van der Waals surface area contributed by atoms with E-state index in [0.717, 1.165) is 10.9 Å². The van der Waals surface area contributed by atoms with Gasteiger partial charge in [-0.2, -0.15) is 0 Å². The van der Waals surface area contributed by atoms with Gasteiger partial charge in [-0.25, -0.2) is 0 Å². The summed E-state index contributed by atoms with van der Waals surface area (Å²) in [4.78, 5) is 13.4. The molecule has 0 unspecified atom stereocenters. The molecule has 3 nitrogen and oxygen atoms in total. The van der Waals surface area contributed by atoms with Gasteiger partial charge in [-0.15, -0.1) is 0 Å². The van der Waals surface area contributed by atoms with Crippen LogP contribution in [-0.2, 0) is 14.3 Å². The van der Waals surface area contributed by atoms with E-state index in [9.17, 15) is 4.79 Å². The molecule has 0 N–H and O–H groups in total. The summed E-state index contributed by atoms with van der Waals surface area (Å²) >= 11 is 1.54. The molecule has 1 aliphatic heterocycles. The van der Waals surface area contributed by atoms with Crippen LogP contribution in [0.25, 0.3) is 0 Å². The van der Waals surface area contributed by atoms with Crippen molar-refractivity contribution in [2.24, 2.45) is 0 Å². The molecule has 3 rings (SSSR count). The van der Waals surface area contributed by atoms with Crippen LogP contribution in [-0.4, -0.2) is 38.6 Å². The number of thioether (sulfide) groups is 1. The Hall–Kier alpha value is -1.36. The second-order valence-electron chi connectivity index (χ2n) is 5.88. The van der Waals surface area contributed by atoms with Crippen molar-refractivity contribution in [3.05, 3.63) is 72.1 Å². The van der Waals surface area contributed by atoms with Gasteiger partial charge in [-0.3, -0.25) is 0 Å². The second kappa shape index (κ2) is 10.1. The van der Waals surface area contributed by atoms with E-state index in [0.29, 0.717) is 30.7 Å². The SMILES string of the molecule is O=C(CCCC1(/C=C/Sc2ccccc2)OCCO1)[Se]c1ccccc1. The van der Waals surface area contributed by atoms with Crippen molar-refractivity contribution in [3.63, 3.8) is 0 Å². The first-order valence-corrected chi connectivity index (χ1v) is 11.3. The van der Waals surface area contributed by atoms with Crippen LogP contribution in [0.15, 0.2) is 77.0 Å². The average Bonchev–Trinajstić information content (AvgIpc) is 3.12. The van der Waals surface area contributed by atoms with Crippen LogP contribution in [0.1, 0.15) is 19.3 Å². The topological polar surface area (TPSA) is 35.5 Å². The van der Waals surface area contributed by atoms with Gasteiger partial charge in [0.05, 0.1) is 0 Å². The molecule has 0 aromatic heterocycles. The van der Waals surface area contributed by atoms with Gasteiger partial charge in [-0.1, -0.05) is 0 Å². The molecule has 0 bridgehead atoms. The van der Waals surface area contributed by atoms with Crippen LogP contribution in [0.2, 0.25) is 0 Å². The Morgan fingerprint density at radius 1 is 1.04 bits per heavy atom. The zero-order valence-electron chi connectivity index (χ0n) is 14.5. The first kappa shape index (κ1) is 19.4. The van der Waals surface area contributed by atoms with Crippen molar-refractivity contribution in [2.75, 3.05) is 13.2 Å². The van der Waals surface area contributed by atoms with E-state index in [4.69, 9.17) is 9.47 Å². The monoisotopic (exact) mass is 434 g/mol. The fourth-order valence-corrected chi connectivity index (χ4v) is 5.09. The molecule has 0 aliphatic carbocycles. The molecule has 0 amide bonds. The van der Waals surface area contributed by atoms with E-state index in [1.54, 1.807) is 11.8 Å². The number of benzene rings is 2. The minimum atomic E-state index is -0.679. The van der Waals surface area contributed by atoms with E-state index >= 15 is 0 Å². The summed E-state index contributed by atoms with van der Waals surface area (Å²) in [5.74, 6) is -0.679. The number of carbonyl (C=O) groups is 1. The third-order valence-electron chi connectivity index (χ3n) is 3.93. The molecule has 1 heterocycles.